The average molecular weight is 320 g/mol. The van der Waals surface area contributed by atoms with Gasteiger partial charge in [0.2, 0.25) is 0 Å². The van der Waals surface area contributed by atoms with E-state index in [1.807, 2.05) is 13.8 Å². The highest BCUT2D eigenvalue weighted by atomic mass is 35.7. The number of carbonyl (C=O) groups excluding carboxylic acids is 1. The molecule has 0 radical (unpaired) electrons. The second kappa shape index (κ2) is 4.70. The highest BCUT2D eigenvalue weighted by Crippen LogP contribution is 2.44. The minimum absolute atomic E-state index is 0.0477. The summed E-state index contributed by atoms with van der Waals surface area (Å²) in [5, 5.41) is 2.79. The lowest BCUT2D eigenvalue weighted by molar-refractivity contribution is 0.0946. The predicted octanol–water partition coefficient (Wildman–Crippen LogP) is 2.59. The van der Waals surface area contributed by atoms with Crippen molar-refractivity contribution in [2.75, 3.05) is 0 Å². The lowest BCUT2D eigenvalue weighted by Crippen LogP contribution is -2.28. The van der Waals surface area contributed by atoms with Crippen molar-refractivity contribution >= 4 is 25.6 Å². The van der Waals surface area contributed by atoms with E-state index in [0.717, 1.165) is 12.5 Å². The molecule has 4 nitrogen and oxygen atoms in total. The van der Waals surface area contributed by atoms with Crippen LogP contribution in [0.4, 0.5) is 4.39 Å². The molecule has 110 valence electrons. The number of aryl methyl sites for hydroxylation is 1. The van der Waals surface area contributed by atoms with E-state index in [1.54, 1.807) is 0 Å². The van der Waals surface area contributed by atoms with Crippen molar-refractivity contribution in [1.82, 2.24) is 5.32 Å². The van der Waals surface area contributed by atoms with Crippen LogP contribution in [0.5, 0.6) is 0 Å². The number of hydrogen-bond acceptors (Lipinski definition) is 3. The molecule has 1 amide bonds. The largest absolute Gasteiger partial charge is 0.349 e. The van der Waals surface area contributed by atoms with Crippen LogP contribution in [0.25, 0.3) is 0 Å². The maximum absolute atomic E-state index is 13.7. The maximum atomic E-state index is 13.7. The van der Waals surface area contributed by atoms with Crippen LogP contribution in [-0.2, 0) is 9.05 Å². The van der Waals surface area contributed by atoms with Gasteiger partial charge in [0.25, 0.3) is 15.0 Å². The molecule has 20 heavy (non-hydrogen) atoms. The normalized spacial score (nSPS) is 20.6. The van der Waals surface area contributed by atoms with Gasteiger partial charge >= 0.3 is 0 Å². The first-order valence-corrected chi connectivity index (χ1v) is 8.39. The fraction of sp³-hybridized carbons (Fsp3) is 0.462. The Labute approximate surface area is 121 Å². The Morgan fingerprint density at radius 1 is 1.45 bits per heavy atom. The van der Waals surface area contributed by atoms with Crippen molar-refractivity contribution in [3.63, 3.8) is 0 Å². The fourth-order valence-electron chi connectivity index (χ4n) is 2.00. The van der Waals surface area contributed by atoms with Crippen LogP contribution in [0.3, 0.4) is 0 Å². The van der Waals surface area contributed by atoms with Crippen molar-refractivity contribution in [3.05, 3.63) is 29.1 Å². The molecule has 1 N–H and O–H groups in total. The lowest BCUT2D eigenvalue weighted by Gasteiger charge is -2.09. The predicted molar refractivity (Wildman–Crippen MR) is 73.8 cm³/mol. The molecule has 1 saturated carbocycles. The Balaban J connectivity index is 2.34. The number of rotatable bonds is 3. The summed E-state index contributed by atoms with van der Waals surface area (Å²) in [6.45, 7) is 5.42. The van der Waals surface area contributed by atoms with E-state index in [-0.39, 0.29) is 22.6 Å². The van der Waals surface area contributed by atoms with Crippen molar-refractivity contribution in [2.45, 2.75) is 38.1 Å². The van der Waals surface area contributed by atoms with E-state index in [0.29, 0.717) is 0 Å². The first-order valence-electron chi connectivity index (χ1n) is 6.08. The third kappa shape index (κ3) is 2.96. The second-order valence-electron chi connectivity index (χ2n) is 5.76. The summed E-state index contributed by atoms with van der Waals surface area (Å²) in [6.07, 6.45) is 0.861. The molecule has 0 saturated heterocycles. The Morgan fingerprint density at radius 3 is 2.45 bits per heavy atom. The Kier molecular flexibility index (Phi) is 3.59. The first kappa shape index (κ1) is 15.3. The van der Waals surface area contributed by atoms with Gasteiger partial charge in [0, 0.05) is 22.3 Å². The number of benzene rings is 1. The molecule has 0 aromatic heterocycles. The highest BCUT2D eigenvalue weighted by molar-refractivity contribution is 8.13. The molecule has 2 rings (SSSR count). The molecule has 1 aliphatic rings. The summed E-state index contributed by atoms with van der Waals surface area (Å²) in [6, 6.07) is 2.33. The van der Waals surface area contributed by atoms with E-state index in [4.69, 9.17) is 10.7 Å². The van der Waals surface area contributed by atoms with Crippen LogP contribution >= 0.6 is 10.7 Å². The first-order chi connectivity index (χ1) is 9.02. The molecule has 1 aliphatic carbocycles. The zero-order valence-corrected chi connectivity index (χ0v) is 12.9. The number of carbonyl (C=O) groups is 1. The number of amides is 1. The molecule has 7 heteroatoms. The van der Waals surface area contributed by atoms with E-state index in [9.17, 15) is 17.6 Å². The molecule has 1 atom stereocenters. The Hall–Kier alpha value is -1.14. The smallest absolute Gasteiger partial charge is 0.264 e. The Bertz CT molecular complexity index is 685. The molecule has 1 unspecified atom stereocenters. The van der Waals surface area contributed by atoms with Crippen molar-refractivity contribution in [3.8, 4) is 0 Å². The van der Waals surface area contributed by atoms with Gasteiger partial charge in [-0.25, -0.2) is 12.8 Å². The van der Waals surface area contributed by atoms with Crippen molar-refractivity contribution in [2.24, 2.45) is 5.41 Å². The van der Waals surface area contributed by atoms with E-state index < -0.39 is 25.7 Å². The van der Waals surface area contributed by atoms with Gasteiger partial charge in [-0.15, -0.1) is 0 Å². The SMILES string of the molecule is Cc1cc(C(=O)NC2CC2(C)C)cc(S(=O)(=O)Cl)c1F. The third-order valence-electron chi connectivity index (χ3n) is 3.56. The monoisotopic (exact) mass is 319 g/mol. The summed E-state index contributed by atoms with van der Waals surface area (Å²) in [4.78, 5) is 11.4. The molecular weight excluding hydrogens is 305 g/mol. The topological polar surface area (TPSA) is 63.2 Å². The van der Waals surface area contributed by atoms with Gasteiger partial charge in [-0.2, -0.15) is 0 Å². The van der Waals surface area contributed by atoms with Crippen LogP contribution in [0.1, 0.15) is 36.2 Å². The third-order valence-corrected chi connectivity index (χ3v) is 4.89. The highest BCUT2D eigenvalue weighted by Gasteiger charge is 2.46. The average Bonchev–Trinajstić information content (AvgIpc) is 2.87. The molecule has 0 spiro atoms. The number of nitrogens with one attached hydrogen (secondary N) is 1. The van der Waals surface area contributed by atoms with Gasteiger partial charge in [0.15, 0.2) is 0 Å². The Morgan fingerprint density at radius 2 is 2.00 bits per heavy atom. The second-order valence-corrected chi connectivity index (χ2v) is 8.30. The van der Waals surface area contributed by atoms with Crippen LogP contribution in [0, 0.1) is 18.2 Å². The van der Waals surface area contributed by atoms with Gasteiger partial charge in [0.05, 0.1) is 0 Å². The number of hydrogen-bond donors (Lipinski definition) is 1. The van der Waals surface area contributed by atoms with Gasteiger partial charge in [-0.3, -0.25) is 4.79 Å². The maximum Gasteiger partial charge on any atom is 0.264 e. The molecular formula is C13H15ClFNO3S. The summed E-state index contributed by atoms with van der Waals surface area (Å²) in [5.41, 5.74) is 0.198. The van der Waals surface area contributed by atoms with Gasteiger partial charge < -0.3 is 5.32 Å². The van der Waals surface area contributed by atoms with Crippen LogP contribution in [-0.4, -0.2) is 20.4 Å². The van der Waals surface area contributed by atoms with Gasteiger partial charge in [0.1, 0.15) is 10.7 Å². The van der Waals surface area contributed by atoms with Gasteiger partial charge in [-0.1, -0.05) is 13.8 Å². The summed E-state index contributed by atoms with van der Waals surface area (Å²) < 4.78 is 36.4. The lowest BCUT2D eigenvalue weighted by atomic mass is 10.1. The van der Waals surface area contributed by atoms with Crippen LogP contribution < -0.4 is 5.32 Å². The van der Waals surface area contributed by atoms with E-state index in [2.05, 4.69) is 5.32 Å². The molecule has 0 heterocycles. The molecule has 1 fully saturated rings. The summed E-state index contributed by atoms with van der Waals surface area (Å²) in [7, 11) is 0.946. The standard InChI is InChI=1S/C13H15ClFNO3S/c1-7-4-8(5-9(11(7)15)20(14,18)19)12(17)16-10-6-13(10,2)3/h4-5,10H,6H2,1-3H3,(H,16,17). The van der Waals surface area contributed by atoms with Crippen molar-refractivity contribution < 1.29 is 17.6 Å². The molecule has 0 bridgehead atoms. The minimum atomic E-state index is -4.23. The zero-order valence-electron chi connectivity index (χ0n) is 11.3. The summed E-state index contributed by atoms with van der Waals surface area (Å²) >= 11 is 0. The molecule has 0 aliphatic heterocycles. The summed E-state index contributed by atoms with van der Waals surface area (Å²) in [5.74, 6) is -1.35. The minimum Gasteiger partial charge on any atom is -0.349 e. The van der Waals surface area contributed by atoms with Crippen LogP contribution in [0.2, 0.25) is 0 Å². The van der Waals surface area contributed by atoms with E-state index in [1.165, 1.54) is 13.0 Å². The molecule has 1 aromatic carbocycles. The fourth-order valence-corrected chi connectivity index (χ4v) is 2.98. The van der Waals surface area contributed by atoms with Crippen LogP contribution in [0.15, 0.2) is 17.0 Å². The molecule has 1 aromatic rings. The zero-order chi connectivity index (χ0) is 15.3. The van der Waals surface area contributed by atoms with Gasteiger partial charge in [-0.05, 0) is 36.5 Å². The van der Waals surface area contributed by atoms with Crippen molar-refractivity contribution in [1.29, 1.82) is 0 Å². The number of halogens is 2. The quantitative estimate of drug-likeness (QED) is 0.871. The van der Waals surface area contributed by atoms with E-state index >= 15 is 0 Å².